The Labute approximate surface area is 262 Å². The number of thiophene rings is 1. The van der Waals surface area contributed by atoms with Gasteiger partial charge in [-0.1, -0.05) is 91.0 Å². The van der Waals surface area contributed by atoms with Crippen LogP contribution in [-0.2, 0) is 0 Å². The van der Waals surface area contributed by atoms with E-state index in [1.54, 1.807) is 0 Å². The third-order valence-corrected chi connectivity index (χ3v) is 10.2. The first-order chi connectivity index (χ1) is 22.3. The monoisotopic (exact) mass is 592 g/mol. The normalized spacial score (nSPS) is 12.0. The van der Waals surface area contributed by atoms with E-state index in [2.05, 4.69) is 150 Å². The van der Waals surface area contributed by atoms with Crippen LogP contribution >= 0.6 is 11.3 Å². The summed E-state index contributed by atoms with van der Waals surface area (Å²) in [5, 5.41) is 7.45. The van der Waals surface area contributed by atoms with Crippen molar-refractivity contribution in [1.29, 1.82) is 0 Å². The number of hydrogen-bond acceptors (Lipinski definition) is 3. The second-order valence-electron chi connectivity index (χ2n) is 11.6. The second kappa shape index (κ2) is 9.39. The molecule has 0 N–H and O–H groups in total. The van der Waals surface area contributed by atoms with Gasteiger partial charge in [-0.3, -0.25) is 0 Å². The van der Waals surface area contributed by atoms with Crippen LogP contribution in [0.5, 0.6) is 0 Å². The lowest BCUT2D eigenvalue weighted by atomic mass is 10.0. The molecule has 3 heterocycles. The van der Waals surface area contributed by atoms with Crippen LogP contribution in [0.2, 0.25) is 0 Å². The van der Waals surface area contributed by atoms with Gasteiger partial charge in [0.25, 0.3) is 0 Å². The largest absolute Gasteiger partial charge is 0.436 e. The SMILES string of the molecule is c1ccc(-c2ccc3c(c2)sc2ccc4oc(-c5ccc(-n6c7ccccc7c7c8ccccc8ccc76)cc5)nc4c23)cc1. The Kier molecular flexibility index (Phi) is 5.16. The first kappa shape index (κ1) is 24.7. The maximum atomic E-state index is 6.38. The quantitative estimate of drug-likeness (QED) is 0.204. The molecule has 0 aliphatic rings. The van der Waals surface area contributed by atoms with Crippen LogP contribution in [0.15, 0.2) is 150 Å². The van der Waals surface area contributed by atoms with Crippen molar-refractivity contribution in [2.75, 3.05) is 0 Å². The van der Waals surface area contributed by atoms with Gasteiger partial charge in [-0.25, -0.2) is 4.98 Å². The third kappa shape index (κ3) is 3.67. The summed E-state index contributed by atoms with van der Waals surface area (Å²) in [5.74, 6) is 0.637. The Morgan fingerprint density at radius 2 is 1.29 bits per heavy atom. The van der Waals surface area contributed by atoms with Crippen molar-refractivity contribution in [2.24, 2.45) is 0 Å². The van der Waals surface area contributed by atoms with Gasteiger partial charge in [-0.2, -0.15) is 0 Å². The summed E-state index contributed by atoms with van der Waals surface area (Å²) in [7, 11) is 0. The topological polar surface area (TPSA) is 31.0 Å². The van der Waals surface area contributed by atoms with Gasteiger partial charge in [0, 0.05) is 42.2 Å². The van der Waals surface area contributed by atoms with E-state index in [1.807, 2.05) is 11.3 Å². The molecule has 0 saturated heterocycles. The number of oxazole rings is 1. The van der Waals surface area contributed by atoms with E-state index in [0.717, 1.165) is 27.7 Å². The Bertz CT molecular complexity index is 2750. The van der Waals surface area contributed by atoms with Crippen LogP contribution < -0.4 is 0 Å². The number of rotatable bonds is 3. The maximum Gasteiger partial charge on any atom is 0.227 e. The minimum atomic E-state index is 0.637. The highest BCUT2D eigenvalue weighted by Gasteiger charge is 2.17. The Morgan fingerprint density at radius 3 is 2.18 bits per heavy atom. The van der Waals surface area contributed by atoms with Gasteiger partial charge in [0.05, 0.1) is 11.0 Å². The highest BCUT2D eigenvalue weighted by Crippen LogP contribution is 2.41. The van der Waals surface area contributed by atoms with E-state index in [0.29, 0.717) is 5.89 Å². The molecule has 0 bridgehead atoms. The number of fused-ring (bicyclic) bond motifs is 10. The highest BCUT2D eigenvalue weighted by atomic mass is 32.1. The summed E-state index contributed by atoms with van der Waals surface area (Å²) >= 11 is 1.81. The predicted molar refractivity (Wildman–Crippen MR) is 190 cm³/mol. The molecular weight excluding hydrogens is 569 g/mol. The summed E-state index contributed by atoms with van der Waals surface area (Å²) in [6.45, 7) is 0. The lowest BCUT2D eigenvalue weighted by molar-refractivity contribution is 0.620. The van der Waals surface area contributed by atoms with E-state index in [4.69, 9.17) is 9.40 Å². The molecule has 3 aromatic heterocycles. The number of aromatic nitrogens is 2. The molecule has 7 aromatic carbocycles. The summed E-state index contributed by atoms with van der Waals surface area (Å²) in [6, 6.07) is 51.8. The minimum absolute atomic E-state index is 0.637. The Hall–Kier alpha value is -5.71. The Morgan fingerprint density at radius 1 is 0.511 bits per heavy atom. The molecule has 0 aliphatic carbocycles. The van der Waals surface area contributed by atoms with Crippen molar-refractivity contribution < 1.29 is 4.42 Å². The zero-order chi connectivity index (χ0) is 29.5. The molecule has 10 rings (SSSR count). The van der Waals surface area contributed by atoms with E-state index >= 15 is 0 Å². The second-order valence-corrected chi connectivity index (χ2v) is 12.6. The summed E-state index contributed by atoms with van der Waals surface area (Å²) in [6.07, 6.45) is 0. The van der Waals surface area contributed by atoms with Gasteiger partial charge in [0.2, 0.25) is 5.89 Å². The number of hydrogen-bond donors (Lipinski definition) is 0. The highest BCUT2D eigenvalue weighted by molar-refractivity contribution is 7.26. The summed E-state index contributed by atoms with van der Waals surface area (Å²) < 4.78 is 11.2. The van der Waals surface area contributed by atoms with Gasteiger partial charge in [0.15, 0.2) is 5.58 Å². The molecule has 0 spiro atoms. The van der Waals surface area contributed by atoms with Crippen LogP contribution in [0.1, 0.15) is 0 Å². The third-order valence-electron chi connectivity index (χ3n) is 9.04. The first-order valence-electron chi connectivity index (χ1n) is 15.1. The van der Waals surface area contributed by atoms with Crippen LogP contribution in [0.4, 0.5) is 0 Å². The van der Waals surface area contributed by atoms with E-state index in [-0.39, 0.29) is 0 Å². The smallest absolute Gasteiger partial charge is 0.227 e. The molecule has 3 nitrogen and oxygen atoms in total. The van der Waals surface area contributed by atoms with Gasteiger partial charge in [-0.05, 0) is 76.5 Å². The lowest BCUT2D eigenvalue weighted by Crippen LogP contribution is -1.93. The van der Waals surface area contributed by atoms with Crippen LogP contribution in [0, 0.1) is 0 Å². The van der Waals surface area contributed by atoms with Crippen molar-refractivity contribution in [3.63, 3.8) is 0 Å². The van der Waals surface area contributed by atoms with Crippen LogP contribution in [0.3, 0.4) is 0 Å². The number of benzene rings is 7. The predicted octanol–water partition coefficient (Wildman–Crippen LogP) is 11.8. The zero-order valence-corrected chi connectivity index (χ0v) is 24.9. The summed E-state index contributed by atoms with van der Waals surface area (Å²) in [4.78, 5) is 5.07. The molecule has 45 heavy (non-hydrogen) atoms. The molecule has 10 aromatic rings. The van der Waals surface area contributed by atoms with Crippen LogP contribution in [0.25, 0.3) is 92.1 Å². The molecule has 0 saturated carbocycles. The average Bonchev–Trinajstić information content (AvgIpc) is 3.80. The zero-order valence-electron chi connectivity index (χ0n) is 24.1. The van der Waals surface area contributed by atoms with E-state index in [1.165, 1.54) is 58.5 Å². The van der Waals surface area contributed by atoms with Gasteiger partial charge in [-0.15, -0.1) is 11.3 Å². The van der Waals surface area contributed by atoms with E-state index < -0.39 is 0 Å². The van der Waals surface area contributed by atoms with Gasteiger partial charge >= 0.3 is 0 Å². The van der Waals surface area contributed by atoms with Crippen molar-refractivity contribution in [3.8, 4) is 28.3 Å². The minimum Gasteiger partial charge on any atom is -0.436 e. The van der Waals surface area contributed by atoms with Crippen molar-refractivity contribution in [3.05, 3.63) is 146 Å². The fourth-order valence-electron chi connectivity index (χ4n) is 6.96. The molecule has 4 heteroatoms. The Balaban J connectivity index is 1.09. The van der Waals surface area contributed by atoms with Crippen molar-refractivity contribution in [1.82, 2.24) is 9.55 Å². The standard InChI is InChI=1S/C41H24N2OS/c1-2-8-25(9-3-1)28-16-20-32-37(24-28)45-36-23-22-35-40(39(32)36)42-41(44-35)27-14-18-29(19-15-27)43-33-13-7-6-12-31(33)38-30-11-5-4-10-26(30)17-21-34(38)43/h1-24H. The fourth-order valence-corrected chi connectivity index (χ4v) is 8.10. The van der Waals surface area contributed by atoms with Gasteiger partial charge < -0.3 is 8.98 Å². The number of para-hydroxylation sites is 1. The molecule has 0 aliphatic heterocycles. The van der Waals surface area contributed by atoms with Crippen molar-refractivity contribution in [2.45, 2.75) is 0 Å². The van der Waals surface area contributed by atoms with Crippen molar-refractivity contribution >= 4 is 75.2 Å². The molecular formula is C41H24N2OS. The van der Waals surface area contributed by atoms with Crippen LogP contribution in [-0.4, -0.2) is 9.55 Å². The maximum absolute atomic E-state index is 6.38. The lowest BCUT2D eigenvalue weighted by Gasteiger charge is -2.09. The fraction of sp³-hybridized carbons (Fsp3) is 0. The van der Waals surface area contributed by atoms with Gasteiger partial charge in [0.1, 0.15) is 5.52 Å². The number of nitrogens with zero attached hydrogens (tertiary/aromatic N) is 2. The molecule has 210 valence electrons. The molecule has 0 radical (unpaired) electrons. The average molecular weight is 593 g/mol. The first-order valence-corrected chi connectivity index (χ1v) is 15.9. The molecule has 0 atom stereocenters. The molecule has 0 amide bonds. The molecule has 0 unspecified atom stereocenters. The van der Waals surface area contributed by atoms with E-state index in [9.17, 15) is 0 Å². The summed E-state index contributed by atoms with van der Waals surface area (Å²) in [5.41, 5.74) is 8.64. The molecule has 0 fully saturated rings.